The molecule has 2 rings (SSSR count). The molecule has 0 unspecified atom stereocenters. The monoisotopic (exact) mass is 205 g/mol. The van der Waals surface area contributed by atoms with E-state index < -0.39 is 0 Å². The highest BCUT2D eigenvalue weighted by molar-refractivity contribution is 5.33. The predicted molar refractivity (Wildman–Crippen MR) is 62.0 cm³/mol. The molecule has 0 amide bonds. The predicted octanol–water partition coefficient (Wildman–Crippen LogP) is 2.69. The second-order valence-corrected chi connectivity index (χ2v) is 4.45. The van der Waals surface area contributed by atoms with E-state index in [0.29, 0.717) is 5.75 Å². The average Bonchev–Trinajstić information content (AvgIpc) is 2.24. The van der Waals surface area contributed by atoms with Crippen LogP contribution in [-0.2, 0) is 6.54 Å². The van der Waals surface area contributed by atoms with E-state index in [1.54, 1.807) is 6.07 Å². The summed E-state index contributed by atoms with van der Waals surface area (Å²) in [5, 5.41) is 9.33. The first-order valence-corrected chi connectivity index (χ1v) is 5.76. The maximum absolute atomic E-state index is 9.33. The Labute approximate surface area is 91.5 Å². The molecule has 1 aromatic rings. The van der Waals surface area contributed by atoms with Crippen LogP contribution in [0.5, 0.6) is 5.75 Å². The number of aromatic hydroxyl groups is 1. The van der Waals surface area contributed by atoms with E-state index in [-0.39, 0.29) is 0 Å². The maximum atomic E-state index is 9.33. The zero-order valence-electron chi connectivity index (χ0n) is 9.37. The minimum atomic E-state index is 0.370. The number of phenolic OH excluding ortho intramolecular Hbond substituents is 1. The van der Waals surface area contributed by atoms with Crippen LogP contribution in [0, 0.1) is 6.92 Å². The van der Waals surface area contributed by atoms with Crippen molar-refractivity contribution in [3.05, 3.63) is 29.3 Å². The minimum absolute atomic E-state index is 0.370. The van der Waals surface area contributed by atoms with Gasteiger partial charge in [-0.25, -0.2) is 0 Å². The molecule has 1 aliphatic heterocycles. The Morgan fingerprint density at radius 1 is 1.20 bits per heavy atom. The van der Waals surface area contributed by atoms with Gasteiger partial charge in [0.15, 0.2) is 0 Å². The highest BCUT2D eigenvalue weighted by Crippen LogP contribution is 2.19. The Balaban J connectivity index is 2.03. The van der Waals surface area contributed by atoms with Gasteiger partial charge in [-0.2, -0.15) is 0 Å². The lowest BCUT2D eigenvalue weighted by Crippen LogP contribution is -2.29. The third-order valence-corrected chi connectivity index (χ3v) is 3.17. The second-order valence-electron chi connectivity index (χ2n) is 4.45. The molecule has 82 valence electrons. The van der Waals surface area contributed by atoms with Crippen LogP contribution in [0.4, 0.5) is 0 Å². The SMILES string of the molecule is Cc1cc(O)ccc1CN1CCCCC1. The van der Waals surface area contributed by atoms with E-state index in [1.165, 1.54) is 43.5 Å². The molecule has 0 saturated carbocycles. The Kier molecular flexibility index (Phi) is 3.27. The zero-order valence-corrected chi connectivity index (χ0v) is 9.37. The summed E-state index contributed by atoms with van der Waals surface area (Å²) >= 11 is 0. The lowest BCUT2D eigenvalue weighted by molar-refractivity contribution is 0.220. The van der Waals surface area contributed by atoms with Gasteiger partial charge in [0.05, 0.1) is 0 Å². The van der Waals surface area contributed by atoms with Crippen LogP contribution < -0.4 is 0 Å². The minimum Gasteiger partial charge on any atom is -0.508 e. The number of benzene rings is 1. The summed E-state index contributed by atoms with van der Waals surface area (Å²) in [7, 11) is 0. The van der Waals surface area contributed by atoms with E-state index in [4.69, 9.17) is 0 Å². The zero-order chi connectivity index (χ0) is 10.7. The van der Waals surface area contributed by atoms with Gasteiger partial charge in [0.2, 0.25) is 0 Å². The van der Waals surface area contributed by atoms with Crippen molar-refractivity contribution in [2.75, 3.05) is 13.1 Å². The summed E-state index contributed by atoms with van der Waals surface area (Å²) < 4.78 is 0. The standard InChI is InChI=1S/C13H19NO/c1-11-9-13(15)6-5-12(11)10-14-7-3-2-4-8-14/h5-6,9,15H,2-4,7-8,10H2,1H3. The fraction of sp³-hybridized carbons (Fsp3) is 0.538. The molecule has 1 aromatic carbocycles. The molecular weight excluding hydrogens is 186 g/mol. The van der Waals surface area contributed by atoms with Crippen molar-refractivity contribution in [3.8, 4) is 5.75 Å². The number of hydrogen-bond acceptors (Lipinski definition) is 2. The summed E-state index contributed by atoms with van der Waals surface area (Å²) in [4.78, 5) is 2.50. The van der Waals surface area contributed by atoms with Gasteiger partial charge in [-0.3, -0.25) is 4.90 Å². The van der Waals surface area contributed by atoms with Gasteiger partial charge in [0.1, 0.15) is 5.75 Å². The van der Waals surface area contributed by atoms with Gasteiger partial charge in [0, 0.05) is 6.54 Å². The highest BCUT2D eigenvalue weighted by atomic mass is 16.3. The van der Waals surface area contributed by atoms with E-state index in [0.717, 1.165) is 6.54 Å². The first-order chi connectivity index (χ1) is 7.25. The van der Waals surface area contributed by atoms with Gasteiger partial charge in [-0.05, 0) is 56.1 Å². The summed E-state index contributed by atoms with van der Waals surface area (Å²) in [6, 6.07) is 5.67. The number of likely N-dealkylation sites (tertiary alicyclic amines) is 1. The smallest absolute Gasteiger partial charge is 0.115 e. The lowest BCUT2D eigenvalue weighted by Gasteiger charge is -2.27. The Morgan fingerprint density at radius 2 is 1.93 bits per heavy atom. The van der Waals surface area contributed by atoms with Crippen LogP contribution in [0.2, 0.25) is 0 Å². The van der Waals surface area contributed by atoms with Crippen LogP contribution in [0.3, 0.4) is 0 Å². The third-order valence-electron chi connectivity index (χ3n) is 3.17. The summed E-state index contributed by atoms with van der Waals surface area (Å²) in [6.45, 7) is 5.55. The number of nitrogens with zero attached hydrogens (tertiary/aromatic N) is 1. The largest absolute Gasteiger partial charge is 0.508 e. The number of aryl methyl sites for hydroxylation is 1. The number of phenols is 1. The topological polar surface area (TPSA) is 23.5 Å². The van der Waals surface area contributed by atoms with E-state index in [2.05, 4.69) is 11.8 Å². The summed E-state index contributed by atoms with van der Waals surface area (Å²) in [5.74, 6) is 0.370. The molecule has 2 heteroatoms. The van der Waals surface area contributed by atoms with Crippen LogP contribution >= 0.6 is 0 Å². The van der Waals surface area contributed by atoms with Gasteiger partial charge < -0.3 is 5.11 Å². The lowest BCUT2D eigenvalue weighted by atomic mass is 10.1. The average molecular weight is 205 g/mol. The molecular formula is C13H19NO. The van der Waals surface area contributed by atoms with Crippen LogP contribution in [0.15, 0.2) is 18.2 Å². The third kappa shape index (κ3) is 2.72. The van der Waals surface area contributed by atoms with E-state index in [9.17, 15) is 5.11 Å². The summed E-state index contributed by atoms with van der Waals surface area (Å²) in [5.41, 5.74) is 2.54. The molecule has 0 bridgehead atoms. The molecule has 0 aliphatic carbocycles. The Hall–Kier alpha value is -1.02. The fourth-order valence-corrected chi connectivity index (χ4v) is 2.22. The molecule has 0 radical (unpaired) electrons. The van der Waals surface area contributed by atoms with Crippen LogP contribution in [-0.4, -0.2) is 23.1 Å². The van der Waals surface area contributed by atoms with Gasteiger partial charge >= 0.3 is 0 Å². The quantitative estimate of drug-likeness (QED) is 0.802. The molecule has 0 spiro atoms. The van der Waals surface area contributed by atoms with Gasteiger partial charge in [-0.15, -0.1) is 0 Å². The van der Waals surface area contributed by atoms with Crippen molar-refractivity contribution in [3.63, 3.8) is 0 Å². The summed E-state index contributed by atoms with van der Waals surface area (Å²) in [6.07, 6.45) is 4.04. The van der Waals surface area contributed by atoms with E-state index in [1.807, 2.05) is 12.1 Å². The molecule has 0 aromatic heterocycles. The van der Waals surface area contributed by atoms with Crippen molar-refractivity contribution in [2.45, 2.75) is 32.7 Å². The van der Waals surface area contributed by atoms with Crippen molar-refractivity contribution >= 4 is 0 Å². The number of rotatable bonds is 2. The second kappa shape index (κ2) is 4.67. The van der Waals surface area contributed by atoms with Crippen LogP contribution in [0.1, 0.15) is 30.4 Å². The highest BCUT2D eigenvalue weighted by Gasteiger charge is 2.11. The Morgan fingerprint density at radius 3 is 2.60 bits per heavy atom. The molecule has 0 atom stereocenters. The van der Waals surface area contributed by atoms with Crippen molar-refractivity contribution in [1.29, 1.82) is 0 Å². The normalized spacial score (nSPS) is 17.9. The molecule has 1 fully saturated rings. The maximum Gasteiger partial charge on any atom is 0.115 e. The molecule has 1 heterocycles. The van der Waals surface area contributed by atoms with Crippen LogP contribution in [0.25, 0.3) is 0 Å². The molecule has 1 aliphatic rings. The number of piperidine rings is 1. The van der Waals surface area contributed by atoms with E-state index >= 15 is 0 Å². The number of hydrogen-bond donors (Lipinski definition) is 1. The first kappa shape index (κ1) is 10.5. The molecule has 15 heavy (non-hydrogen) atoms. The first-order valence-electron chi connectivity index (χ1n) is 5.76. The van der Waals surface area contributed by atoms with Gasteiger partial charge in [-0.1, -0.05) is 12.5 Å². The molecule has 1 N–H and O–H groups in total. The Bertz CT molecular complexity index is 329. The van der Waals surface area contributed by atoms with Gasteiger partial charge in [0.25, 0.3) is 0 Å². The molecule has 2 nitrogen and oxygen atoms in total. The van der Waals surface area contributed by atoms with Crippen molar-refractivity contribution < 1.29 is 5.11 Å². The van der Waals surface area contributed by atoms with Crippen molar-refractivity contribution in [1.82, 2.24) is 4.90 Å². The molecule has 1 saturated heterocycles. The van der Waals surface area contributed by atoms with Crippen molar-refractivity contribution in [2.24, 2.45) is 0 Å². The fourth-order valence-electron chi connectivity index (χ4n) is 2.22.